The highest BCUT2D eigenvalue weighted by Gasteiger charge is 2.26. The number of hydrogen-bond donors (Lipinski definition) is 2. The smallest absolute Gasteiger partial charge is 0.223 e. The summed E-state index contributed by atoms with van der Waals surface area (Å²) in [7, 11) is 0. The molecule has 5 heteroatoms. The predicted octanol–water partition coefficient (Wildman–Crippen LogP) is 3.59. The van der Waals surface area contributed by atoms with Crippen LogP contribution in [0.2, 0.25) is 0 Å². The summed E-state index contributed by atoms with van der Waals surface area (Å²) in [5, 5.41) is 3.11. The van der Waals surface area contributed by atoms with Gasteiger partial charge >= 0.3 is 0 Å². The van der Waals surface area contributed by atoms with Crippen molar-refractivity contribution >= 4 is 18.3 Å². The second-order valence-corrected chi connectivity index (χ2v) is 6.59. The van der Waals surface area contributed by atoms with Gasteiger partial charge in [-0.1, -0.05) is 18.6 Å². The topological polar surface area (TPSA) is 64.3 Å². The monoisotopic (exact) mass is 340 g/mol. The van der Waals surface area contributed by atoms with E-state index in [-0.39, 0.29) is 42.4 Å². The maximum absolute atomic E-state index is 12.3. The lowest BCUT2D eigenvalue weighted by Gasteiger charge is -2.27. The fraction of sp³-hybridized carbons (Fsp3) is 0.611. The number of nitrogens with two attached hydrogens (primary N) is 1. The third-order valence-electron chi connectivity index (χ3n) is 4.20. The fourth-order valence-electron chi connectivity index (χ4n) is 2.99. The molecule has 0 radical (unpaired) electrons. The van der Waals surface area contributed by atoms with Gasteiger partial charge in [-0.15, -0.1) is 12.4 Å². The highest BCUT2D eigenvalue weighted by molar-refractivity contribution is 5.85. The first-order valence-electron chi connectivity index (χ1n) is 8.28. The molecule has 1 aromatic rings. The maximum atomic E-state index is 12.3. The van der Waals surface area contributed by atoms with Gasteiger partial charge in [-0.2, -0.15) is 0 Å². The SMILES string of the molecule is CC(C)Oc1ccc(C(C)NC(=O)C2CCCC(N)C2)cc1.Cl. The lowest BCUT2D eigenvalue weighted by atomic mass is 9.85. The predicted molar refractivity (Wildman–Crippen MR) is 95.9 cm³/mol. The second kappa shape index (κ2) is 9.14. The average Bonchev–Trinajstić information content (AvgIpc) is 2.47. The Balaban J connectivity index is 0.00000264. The molecule has 0 saturated heterocycles. The van der Waals surface area contributed by atoms with E-state index in [1.54, 1.807) is 0 Å². The molecular formula is C18H29ClN2O2. The number of nitrogens with one attached hydrogen (secondary N) is 1. The van der Waals surface area contributed by atoms with Crippen molar-refractivity contribution in [2.24, 2.45) is 11.7 Å². The average molecular weight is 341 g/mol. The van der Waals surface area contributed by atoms with E-state index in [1.165, 1.54) is 0 Å². The van der Waals surface area contributed by atoms with Crippen molar-refractivity contribution in [2.45, 2.75) is 64.6 Å². The van der Waals surface area contributed by atoms with Crippen LogP contribution >= 0.6 is 12.4 Å². The molecule has 1 aliphatic carbocycles. The van der Waals surface area contributed by atoms with Gasteiger partial charge in [0.15, 0.2) is 0 Å². The lowest BCUT2D eigenvalue weighted by molar-refractivity contribution is -0.126. The van der Waals surface area contributed by atoms with Gasteiger partial charge in [0, 0.05) is 12.0 Å². The van der Waals surface area contributed by atoms with Gasteiger partial charge in [-0.25, -0.2) is 0 Å². The minimum absolute atomic E-state index is 0. The Bertz CT molecular complexity index is 490. The van der Waals surface area contributed by atoms with Crippen molar-refractivity contribution in [3.8, 4) is 5.75 Å². The molecular weight excluding hydrogens is 312 g/mol. The molecule has 0 heterocycles. The summed E-state index contributed by atoms with van der Waals surface area (Å²) in [6.45, 7) is 6.02. The molecule has 1 aromatic carbocycles. The molecule has 4 nitrogen and oxygen atoms in total. The highest BCUT2D eigenvalue weighted by atomic mass is 35.5. The molecule has 130 valence electrons. The molecule has 3 N–H and O–H groups in total. The van der Waals surface area contributed by atoms with E-state index < -0.39 is 0 Å². The Morgan fingerprint density at radius 1 is 1.22 bits per heavy atom. The highest BCUT2D eigenvalue weighted by Crippen LogP contribution is 2.25. The normalized spacial score (nSPS) is 22.1. The molecule has 0 spiro atoms. The van der Waals surface area contributed by atoms with E-state index in [0.717, 1.165) is 37.0 Å². The number of halogens is 1. The number of benzene rings is 1. The standard InChI is InChI=1S/C18H28N2O2.ClH/c1-12(2)22-17-9-7-14(8-10-17)13(3)20-18(21)15-5-4-6-16(19)11-15;/h7-10,12-13,15-16H,4-6,11,19H2,1-3H3,(H,20,21);1H. The van der Waals surface area contributed by atoms with E-state index in [2.05, 4.69) is 5.32 Å². The van der Waals surface area contributed by atoms with E-state index in [0.29, 0.717) is 0 Å². The van der Waals surface area contributed by atoms with Gasteiger partial charge in [0.25, 0.3) is 0 Å². The van der Waals surface area contributed by atoms with Gasteiger partial charge in [0.05, 0.1) is 12.1 Å². The zero-order chi connectivity index (χ0) is 16.1. The van der Waals surface area contributed by atoms with Crippen molar-refractivity contribution in [3.05, 3.63) is 29.8 Å². The molecule has 3 atom stereocenters. The van der Waals surface area contributed by atoms with Gasteiger partial charge in [-0.05, 0) is 57.7 Å². The molecule has 1 aliphatic rings. The molecule has 3 unspecified atom stereocenters. The summed E-state index contributed by atoms with van der Waals surface area (Å²) < 4.78 is 5.64. The number of amides is 1. The summed E-state index contributed by atoms with van der Waals surface area (Å²) in [6.07, 6.45) is 4.01. The van der Waals surface area contributed by atoms with Gasteiger partial charge in [0.1, 0.15) is 5.75 Å². The third-order valence-corrected chi connectivity index (χ3v) is 4.20. The van der Waals surface area contributed by atoms with Crippen LogP contribution in [0.15, 0.2) is 24.3 Å². The summed E-state index contributed by atoms with van der Waals surface area (Å²) in [5.74, 6) is 1.05. The number of hydrogen-bond acceptors (Lipinski definition) is 3. The summed E-state index contributed by atoms with van der Waals surface area (Å²) in [5.41, 5.74) is 7.05. The van der Waals surface area contributed by atoms with Crippen molar-refractivity contribution in [3.63, 3.8) is 0 Å². The first-order valence-corrected chi connectivity index (χ1v) is 8.28. The van der Waals surface area contributed by atoms with Crippen LogP contribution in [0, 0.1) is 5.92 Å². The Labute approximate surface area is 145 Å². The van der Waals surface area contributed by atoms with Crippen LogP contribution in [0.3, 0.4) is 0 Å². The summed E-state index contributed by atoms with van der Waals surface area (Å²) >= 11 is 0. The Hall–Kier alpha value is -1.26. The largest absolute Gasteiger partial charge is 0.491 e. The Morgan fingerprint density at radius 2 is 1.87 bits per heavy atom. The minimum atomic E-state index is -0.00116. The van der Waals surface area contributed by atoms with E-state index >= 15 is 0 Å². The van der Waals surface area contributed by atoms with E-state index in [4.69, 9.17) is 10.5 Å². The van der Waals surface area contributed by atoms with Crippen molar-refractivity contribution in [1.29, 1.82) is 0 Å². The second-order valence-electron chi connectivity index (χ2n) is 6.59. The van der Waals surface area contributed by atoms with Crippen LogP contribution in [-0.4, -0.2) is 18.1 Å². The molecule has 0 aromatic heterocycles. The van der Waals surface area contributed by atoms with E-state index in [9.17, 15) is 4.79 Å². The molecule has 1 fully saturated rings. The number of rotatable bonds is 5. The Morgan fingerprint density at radius 3 is 2.43 bits per heavy atom. The van der Waals surface area contributed by atoms with Gasteiger partial charge in [-0.3, -0.25) is 4.79 Å². The summed E-state index contributed by atoms with van der Waals surface area (Å²) in [6, 6.07) is 8.10. The van der Waals surface area contributed by atoms with Gasteiger partial charge in [0.2, 0.25) is 5.91 Å². The summed E-state index contributed by atoms with van der Waals surface area (Å²) in [4.78, 5) is 12.3. The molecule has 0 bridgehead atoms. The maximum Gasteiger partial charge on any atom is 0.223 e. The fourth-order valence-corrected chi connectivity index (χ4v) is 2.99. The van der Waals surface area contributed by atoms with Crippen LogP contribution < -0.4 is 15.8 Å². The van der Waals surface area contributed by atoms with Crippen molar-refractivity contribution in [1.82, 2.24) is 5.32 Å². The quantitative estimate of drug-likeness (QED) is 0.860. The number of carbonyl (C=O) groups is 1. The first-order chi connectivity index (χ1) is 10.5. The molecule has 1 amide bonds. The Kier molecular flexibility index (Phi) is 7.86. The molecule has 1 saturated carbocycles. The van der Waals surface area contributed by atoms with Crippen LogP contribution in [0.1, 0.15) is 58.1 Å². The van der Waals surface area contributed by atoms with Crippen LogP contribution in [0.4, 0.5) is 0 Å². The first kappa shape index (κ1) is 19.8. The minimum Gasteiger partial charge on any atom is -0.491 e. The number of ether oxygens (including phenoxy) is 1. The van der Waals surface area contributed by atoms with E-state index in [1.807, 2.05) is 45.0 Å². The van der Waals surface area contributed by atoms with Crippen LogP contribution in [0.5, 0.6) is 5.75 Å². The lowest BCUT2D eigenvalue weighted by Crippen LogP contribution is -2.38. The zero-order valence-corrected chi connectivity index (χ0v) is 15.1. The molecule has 0 aliphatic heterocycles. The van der Waals surface area contributed by atoms with Crippen LogP contribution in [0.25, 0.3) is 0 Å². The molecule has 2 rings (SSSR count). The van der Waals surface area contributed by atoms with Crippen molar-refractivity contribution in [2.75, 3.05) is 0 Å². The third kappa shape index (κ3) is 6.04. The molecule has 23 heavy (non-hydrogen) atoms. The zero-order valence-electron chi connectivity index (χ0n) is 14.2. The number of carbonyl (C=O) groups excluding carboxylic acids is 1. The van der Waals surface area contributed by atoms with Crippen LogP contribution in [-0.2, 0) is 4.79 Å². The van der Waals surface area contributed by atoms with Gasteiger partial charge < -0.3 is 15.8 Å². The van der Waals surface area contributed by atoms with Crippen molar-refractivity contribution < 1.29 is 9.53 Å².